The van der Waals surface area contributed by atoms with Gasteiger partial charge in [0.15, 0.2) is 0 Å². The monoisotopic (exact) mass is 260 g/mol. The lowest BCUT2D eigenvalue weighted by Gasteiger charge is -2.17. The maximum Gasteiger partial charge on any atom is 0.135 e. The minimum atomic E-state index is -0.0972. The van der Waals surface area contributed by atoms with E-state index in [1.54, 1.807) is 13.8 Å². The van der Waals surface area contributed by atoms with Crippen LogP contribution in [0.25, 0.3) is 0 Å². The molecule has 0 aliphatic carbocycles. The zero-order valence-electron chi connectivity index (χ0n) is 12.2. The first kappa shape index (κ1) is 26.0. The summed E-state index contributed by atoms with van der Waals surface area (Å²) in [6, 6.07) is 0. The number of ketones is 2. The number of carbonyl (C=O) groups excluding carboxylic acids is 2. The van der Waals surface area contributed by atoms with Crippen LogP contribution in [0.1, 0.15) is 83.1 Å². The summed E-state index contributed by atoms with van der Waals surface area (Å²) < 4.78 is 0. The molecule has 0 rings (SSSR count). The fourth-order valence-electron chi connectivity index (χ4n) is 0.498. The molecule has 112 valence electrons. The van der Waals surface area contributed by atoms with E-state index in [2.05, 4.69) is 0 Å². The van der Waals surface area contributed by atoms with Crippen molar-refractivity contribution in [1.29, 1.82) is 0 Å². The number of Topliss-reactive ketones (excluding diaryl/α,β-unsaturated/α-hetero) is 2. The SMILES string of the molecule is C.C.CCC(C)(C)C(C)=O.CCC(C)(C)C(C)=O. The summed E-state index contributed by atoms with van der Waals surface area (Å²) in [4.78, 5) is 21.4. The van der Waals surface area contributed by atoms with Gasteiger partial charge in [0, 0.05) is 10.8 Å². The molecule has 2 nitrogen and oxygen atoms in total. The summed E-state index contributed by atoms with van der Waals surface area (Å²) in [6.45, 7) is 15.2. The standard InChI is InChI=1S/2C7H14O.2CH4/c2*1-5-7(3,4)6(2)8;;/h2*5H2,1-4H3;2*1H4. The minimum absolute atomic E-state index is 0. The molecule has 0 radical (unpaired) electrons. The Labute approximate surface area is 116 Å². The first-order valence-electron chi connectivity index (χ1n) is 6.03. The van der Waals surface area contributed by atoms with E-state index in [0.717, 1.165) is 12.8 Å². The van der Waals surface area contributed by atoms with Crippen molar-refractivity contribution >= 4 is 11.6 Å². The zero-order valence-corrected chi connectivity index (χ0v) is 12.2. The molecule has 0 saturated heterocycles. The Hall–Kier alpha value is -0.660. The summed E-state index contributed by atoms with van der Waals surface area (Å²) in [5.74, 6) is 0.556. The molecule has 0 saturated carbocycles. The van der Waals surface area contributed by atoms with Crippen molar-refractivity contribution in [2.75, 3.05) is 0 Å². The van der Waals surface area contributed by atoms with Crippen LogP contribution in [0.5, 0.6) is 0 Å². The van der Waals surface area contributed by atoms with Crippen molar-refractivity contribution in [3.63, 3.8) is 0 Å². The predicted octanol–water partition coefficient (Wildman–Crippen LogP) is 5.30. The lowest BCUT2D eigenvalue weighted by Crippen LogP contribution is -2.19. The molecule has 0 aromatic heterocycles. The van der Waals surface area contributed by atoms with Crippen LogP contribution in [0, 0.1) is 10.8 Å². The first-order valence-corrected chi connectivity index (χ1v) is 6.03. The summed E-state index contributed by atoms with van der Waals surface area (Å²) in [7, 11) is 0. The molecule has 0 N–H and O–H groups in total. The Kier molecular flexibility index (Phi) is 14.9. The van der Waals surface area contributed by atoms with Crippen molar-refractivity contribution in [1.82, 2.24) is 0 Å². The molecule has 0 aromatic carbocycles. The van der Waals surface area contributed by atoms with E-state index in [9.17, 15) is 9.59 Å². The molecule has 0 aliphatic heterocycles. The average molecular weight is 260 g/mol. The quantitative estimate of drug-likeness (QED) is 0.687. The highest BCUT2D eigenvalue weighted by atomic mass is 16.1. The maximum atomic E-state index is 10.7. The van der Waals surface area contributed by atoms with Crippen molar-refractivity contribution < 1.29 is 9.59 Å². The second-order valence-electron chi connectivity index (χ2n) is 5.59. The molecule has 18 heavy (non-hydrogen) atoms. The molecule has 0 fully saturated rings. The molecule has 0 amide bonds. The molecule has 0 unspecified atom stereocenters. The van der Waals surface area contributed by atoms with Crippen LogP contribution < -0.4 is 0 Å². The van der Waals surface area contributed by atoms with E-state index in [1.165, 1.54) is 0 Å². The highest BCUT2D eigenvalue weighted by molar-refractivity contribution is 5.81. The molecule has 0 atom stereocenters. The second kappa shape index (κ2) is 10.3. The number of rotatable bonds is 4. The Morgan fingerprint density at radius 1 is 0.722 bits per heavy atom. The first-order chi connectivity index (χ1) is 7.01. The van der Waals surface area contributed by atoms with Gasteiger partial charge in [-0.3, -0.25) is 9.59 Å². The maximum absolute atomic E-state index is 10.7. The van der Waals surface area contributed by atoms with E-state index in [1.807, 2.05) is 41.5 Å². The van der Waals surface area contributed by atoms with Crippen LogP contribution in [0.15, 0.2) is 0 Å². The second-order valence-corrected chi connectivity index (χ2v) is 5.59. The van der Waals surface area contributed by atoms with Crippen molar-refractivity contribution in [3.8, 4) is 0 Å². The Morgan fingerprint density at radius 2 is 0.889 bits per heavy atom. The van der Waals surface area contributed by atoms with Gasteiger partial charge >= 0.3 is 0 Å². The lowest BCUT2D eigenvalue weighted by atomic mass is 9.86. The van der Waals surface area contributed by atoms with Gasteiger partial charge in [-0.05, 0) is 26.7 Å². The number of carbonyl (C=O) groups is 2. The van der Waals surface area contributed by atoms with Crippen molar-refractivity contribution in [3.05, 3.63) is 0 Å². The van der Waals surface area contributed by atoms with E-state index >= 15 is 0 Å². The molecule has 0 aliphatic rings. The molecule has 2 heteroatoms. The topological polar surface area (TPSA) is 34.1 Å². The van der Waals surface area contributed by atoms with Crippen LogP contribution in [-0.4, -0.2) is 11.6 Å². The van der Waals surface area contributed by atoms with Gasteiger partial charge in [-0.25, -0.2) is 0 Å². The molecule has 0 spiro atoms. The van der Waals surface area contributed by atoms with Crippen LogP contribution in [0.2, 0.25) is 0 Å². The highest BCUT2D eigenvalue weighted by Crippen LogP contribution is 2.20. The molecular weight excluding hydrogens is 224 g/mol. The third-order valence-electron chi connectivity index (χ3n) is 3.67. The van der Waals surface area contributed by atoms with E-state index in [4.69, 9.17) is 0 Å². The Morgan fingerprint density at radius 3 is 0.889 bits per heavy atom. The van der Waals surface area contributed by atoms with E-state index in [0.29, 0.717) is 0 Å². The number of hydrogen-bond donors (Lipinski definition) is 0. The molecule has 0 aromatic rings. The minimum Gasteiger partial charge on any atom is -0.299 e. The van der Waals surface area contributed by atoms with Gasteiger partial charge in [-0.1, -0.05) is 56.4 Å². The van der Waals surface area contributed by atoms with Crippen LogP contribution in [-0.2, 0) is 9.59 Å². The predicted molar refractivity (Wildman–Crippen MR) is 83.0 cm³/mol. The van der Waals surface area contributed by atoms with Gasteiger partial charge in [0.25, 0.3) is 0 Å². The third kappa shape index (κ3) is 10.5. The molecular formula is C16H36O2. The van der Waals surface area contributed by atoms with Crippen LogP contribution in [0.3, 0.4) is 0 Å². The third-order valence-corrected chi connectivity index (χ3v) is 3.67. The van der Waals surface area contributed by atoms with Gasteiger partial charge in [-0.15, -0.1) is 0 Å². The lowest BCUT2D eigenvalue weighted by molar-refractivity contribution is -0.125. The molecule has 0 heterocycles. The zero-order chi connectivity index (χ0) is 13.6. The van der Waals surface area contributed by atoms with Gasteiger partial charge in [0.1, 0.15) is 11.6 Å². The van der Waals surface area contributed by atoms with Crippen LogP contribution in [0.4, 0.5) is 0 Å². The fraction of sp³-hybridized carbons (Fsp3) is 0.875. The normalized spacial score (nSPS) is 10.2. The Balaban J connectivity index is -0.0000000980. The van der Waals surface area contributed by atoms with Gasteiger partial charge in [-0.2, -0.15) is 0 Å². The van der Waals surface area contributed by atoms with E-state index in [-0.39, 0.29) is 37.2 Å². The Bertz CT molecular complexity index is 211. The summed E-state index contributed by atoms with van der Waals surface area (Å²) in [6.07, 6.45) is 1.87. The van der Waals surface area contributed by atoms with Gasteiger partial charge in [0.05, 0.1) is 0 Å². The van der Waals surface area contributed by atoms with E-state index < -0.39 is 0 Å². The van der Waals surface area contributed by atoms with Gasteiger partial charge in [0.2, 0.25) is 0 Å². The summed E-state index contributed by atoms with van der Waals surface area (Å²) >= 11 is 0. The average Bonchev–Trinajstić information content (AvgIpc) is 2.18. The molecule has 0 bridgehead atoms. The summed E-state index contributed by atoms with van der Waals surface area (Å²) in [5.41, 5.74) is -0.194. The smallest absolute Gasteiger partial charge is 0.135 e. The van der Waals surface area contributed by atoms with Gasteiger partial charge < -0.3 is 0 Å². The summed E-state index contributed by atoms with van der Waals surface area (Å²) in [5, 5.41) is 0. The van der Waals surface area contributed by atoms with Crippen molar-refractivity contribution in [2.45, 2.75) is 83.1 Å². The highest BCUT2D eigenvalue weighted by Gasteiger charge is 2.20. The largest absolute Gasteiger partial charge is 0.299 e. The van der Waals surface area contributed by atoms with Crippen LogP contribution >= 0.6 is 0 Å². The van der Waals surface area contributed by atoms with Crippen molar-refractivity contribution in [2.24, 2.45) is 10.8 Å². The number of hydrogen-bond acceptors (Lipinski definition) is 2. The fourth-order valence-corrected chi connectivity index (χ4v) is 0.498.